The van der Waals surface area contributed by atoms with Gasteiger partial charge in [0.15, 0.2) is 0 Å². The summed E-state index contributed by atoms with van der Waals surface area (Å²) in [6, 6.07) is 10.1. The van der Waals surface area contributed by atoms with Gasteiger partial charge in [-0.15, -0.1) is 0 Å². The SMILES string of the molecule is OCCCC(O)/C=C\CCOCc1ccccc1. The number of benzene rings is 1. The topological polar surface area (TPSA) is 49.7 Å². The molecule has 18 heavy (non-hydrogen) atoms. The van der Waals surface area contributed by atoms with Crippen LogP contribution in [0.25, 0.3) is 0 Å². The minimum absolute atomic E-state index is 0.130. The number of hydrogen-bond donors (Lipinski definition) is 2. The van der Waals surface area contributed by atoms with Gasteiger partial charge < -0.3 is 14.9 Å². The zero-order valence-corrected chi connectivity index (χ0v) is 10.7. The average Bonchev–Trinajstić information content (AvgIpc) is 2.41. The van der Waals surface area contributed by atoms with Crippen molar-refractivity contribution in [2.75, 3.05) is 13.2 Å². The van der Waals surface area contributed by atoms with Crippen LogP contribution < -0.4 is 0 Å². The first-order valence-corrected chi connectivity index (χ1v) is 6.40. The normalized spacial score (nSPS) is 13.0. The Labute approximate surface area is 109 Å². The summed E-state index contributed by atoms with van der Waals surface area (Å²) in [5, 5.41) is 18.1. The third-order valence-electron chi connectivity index (χ3n) is 2.56. The molecule has 0 aliphatic carbocycles. The van der Waals surface area contributed by atoms with E-state index in [1.807, 2.05) is 36.4 Å². The molecule has 3 heteroatoms. The van der Waals surface area contributed by atoms with Gasteiger partial charge in [-0.3, -0.25) is 0 Å². The lowest BCUT2D eigenvalue weighted by Crippen LogP contribution is -2.03. The third-order valence-corrected chi connectivity index (χ3v) is 2.56. The minimum atomic E-state index is -0.453. The number of rotatable bonds is 9. The Hall–Kier alpha value is -1.16. The molecule has 3 nitrogen and oxygen atoms in total. The van der Waals surface area contributed by atoms with Crippen molar-refractivity contribution in [1.82, 2.24) is 0 Å². The highest BCUT2D eigenvalue weighted by atomic mass is 16.5. The van der Waals surface area contributed by atoms with Gasteiger partial charge in [-0.1, -0.05) is 42.5 Å². The van der Waals surface area contributed by atoms with E-state index in [0.29, 0.717) is 26.1 Å². The lowest BCUT2D eigenvalue weighted by Gasteiger charge is -2.04. The van der Waals surface area contributed by atoms with Gasteiger partial charge in [0, 0.05) is 6.61 Å². The van der Waals surface area contributed by atoms with E-state index in [9.17, 15) is 5.11 Å². The maximum Gasteiger partial charge on any atom is 0.0721 e. The van der Waals surface area contributed by atoms with E-state index in [1.165, 1.54) is 5.56 Å². The van der Waals surface area contributed by atoms with Crippen LogP contribution in [0, 0.1) is 0 Å². The van der Waals surface area contributed by atoms with E-state index in [-0.39, 0.29) is 6.61 Å². The van der Waals surface area contributed by atoms with E-state index >= 15 is 0 Å². The number of aliphatic hydroxyl groups is 2. The summed E-state index contributed by atoms with van der Waals surface area (Å²) in [6.45, 7) is 1.41. The zero-order valence-electron chi connectivity index (χ0n) is 10.7. The number of hydrogen-bond acceptors (Lipinski definition) is 3. The van der Waals surface area contributed by atoms with Gasteiger partial charge in [0.2, 0.25) is 0 Å². The summed E-state index contributed by atoms with van der Waals surface area (Å²) < 4.78 is 5.51. The summed E-state index contributed by atoms with van der Waals surface area (Å²) >= 11 is 0. The Bertz CT molecular complexity index is 322. The van der Waals surface area contributed by atoms with Crippen LogP contribution in [0.2, 0.25) is 0 Å². The first kappa shape index (κ1) is 14.9. The molecule has 1 atom stereocenters. The smallest absolute Gasteiger partial charge is 0.0721 e. The largest absolute Gasteiger partial charge is 0.396 e. The van der Waals surface area contributed by atoms with Crippen molar-refractivity contribution < 1.29 is 14.9 Å². The van der Waals surface area contributed by atoms with Gasteiger partial charge in [0.1, 0.15) is 0 Å². The fourth-order valence-electron chi connectivity index (χ4n) is 1.57. The van der Waals surface area contributed by atoms with Gasteiger partial charge in [-0.25, -0.2) is 0 Å². The predicted molar refractivity (Wildman–Crippen MR) is 72.2 cm³/mol. The fraction of sp³-hybridized carbons (Fsp3) is 0.467. The first-order chi connectivity index (χ1) is 8.83. The van der Waals surface area contributed by atoms with Crippen LogP contribution in [0.4, 0.5) is 0 Å². The van der Waals surface area contributed by atoms with Crippen LogP contribution in [-0.2, 0) is 11.3 Å². The highest BCUT2D eigenvalue weighted by Gasteiger charge is 1.97. The molecular weight excluding hydrogens is 228 g/mol. The summed E-state index contributed by atoms with van der Waals surface area (Å²) in [7, 11) is 0. The van der Waals surface area contributed by atoms with Crippen molar-refractivity contribution in [3.8, 4) is 0 Å². The van der Waals surface area contributed by atoms with Crippen LogP contribution >= 0.6 is 0 Å². The molecule has 0 radical (unpaired) electrons. The van der Waals surface area contributed by atoms with E-state index < -0.39 is 6.10 Å². The van der Waals surface area contributed by atoms with Crippen molar-refractivity contribution >= 4 is 0 Å². The second-order valence-corrected chi connectivity index (χ2v) is 4.19. The second kappa shape index (κ2) is 9.83. The Balaban J connectivity index is 2.03. The maximum absolute atomic E-state index is 9.48. The summed E-state index contributed by atoms with van der Waals surface area (Å²) in [6.07, 6.45) is 5.28. The molecule has 0 spiro atoms. The molecule has 100 valence electrons. The monoisotopic (exact) mass is 250 g/mol. The number of aliphatic hydroxyl groups excluding tert-OH is 2. The van der Waals surface area contributed by atoms with Crippen molar-refractivity contribution in [3.63, 3.8) is 0 Å². The second-order valence-electron chi connectivity index (χ2n) is 4.19. The van der Waals surface area contributed by atoms with Crippen LogP contribution in [0.15, 0.2) is 42.5 Å². The highest BCUT2D eigenvalue weighted by molar-refractivity contribution is 5.13. The Morgan fingerprint density at radius 1 is 1.22 bits per heavy atom. The molecule has 0 saturated heterocycles. The van der Waals surface area contributed by atoms with Crippen molar-refractivity contribution in [2.24, 2.45) is 0 Å². The molecule has 0 aliphatic heterocycles. The molecule has 0 aromatic heterocycles. The Morgan fingerprint density at radius 2 is 2.00 bits per heavy atom. The van der Waals surface area contributed by atoms with Gasteiger partial charge in [-0.2, -0.15) is 0 Å². The van der Waals surface area contributed by atoms with E-state index in [2.05, 4.69) is 0 Å². The van der Waals surface area contributed by atoms with Crippen molar-refractivity contribution in [1.29, 1.82) is 0 Å². The Morgan fingerprint density at radius 3 is 2.72 bits per heavy atom. The molecule has 0 bridgehead atoms. The molecule has 1 unspecified atom stereocenters. The van der Waals surface area contributed by atoms with Crippen molar-refractivity contribution in [3.05, 3.63) is 48.0 Å². The molecule has 1 aromatic carbocycles. The standard InChI is InChI=1S/C15H22O3/c16-11-6-10-15(17)9-4-5-12-18-13-14-7-2-1-3-8-14/h1-4,7-9,15-17H,5-6,10-13H2/b9-4-. The zero-order chi connectivity index (χ0) is 13.1. The lowest BCUT2D eigenvalue weighted by atomic mass is 10.2. The van der Waals surface area contributed by atoms with Crippen LogP contribution in [0.3, 0.4) is 0 Å². The quantitative estimate of drug-likeness (QED) is 0.522. The molecule has 1 aromatic rings. The summed E-state index contributed by atoms with van der Waals surface area (Å²) in [5.74, 6) is 0. The van der Waals surface area contributed by atoms with Gasteiger partial charge >= 0.3 is 0 Å². The average molecular weight is 250 g/mol. The van der Waals surface area contributed by atoms with Crippen LogP contribution in [-0.4, -0.2) is 29.5 Å². The van der Waals surface area contributed by atoms with Gasteiger partial charge in [-0.05, 0) is 24.8 Å². The predicted octanol–water partition coefficient (Wildman–Crippen LogP) is 2.28. The highest BCUT2D eigenvalue weighted by Crippen LogP contribution is 2.02. The molecule has 2 N–H and O–H groups in total. The van der Waals surface area contributed by atoms with E-state index in [1.54, 1.807) is 6.08 Å². The minimum Gasteiger partial charge on any atom is -0.396 e. The summed E-state index contributed by atoms with van der Waals surface area (Å²) in [4.78, 5) is 0. The molecule has 0 aliphatic rings. The molecule has 0 saturated carbocycles. The lowest BCUT2D eigenvalue weighted by molar-refractivity contribution is 0.125. The fourth-order valence-corrected chi connectivity index (χ4v) is 1.57. The first-order valence-electron chi connectivity index (χ1n) is 6.40. The third kappa shape index (κ3) is 7.22. The van der Waals surface area contributed by atoms with Gasteiger partial charge in [0.05, 0.1) is 19.3 Å². The molecule has 0 fully saturated rings. The van der Waals surface area contributed by atoms with E-state index in [0.717, 1.165) is 6.42 Å². The van der Waals surface area contributed by atoms with Gasteiger partial charge in [0.25, 0.3) is 0 Å². The maximum atomic E-state index is 9.48. The Kier molecular flexibility index (Phi) is 8.13. The molecular formula is C15H22O3. The van der Waals surface area contributed by atoms with Crippen LogP contribution in [0.5, 0.6) is 0 Å². The number of ether oxygens (including phenoxy) is 1. The molecule has 0 heterocycles. The summed E-state index contributed by atoms with van der Waals surface area (Å²) in [5.41, 5.74) is 1.17. The van der Waals surface area contributed by atoms with Crippen molar-refractivity contribution in [2.45, 2.75) is 32.0 Å². The van der Waals surface area contributed by atoms with E-state index in [4.69, 9.17) is 9.84 Å². The van der Waals surface area contributed by atoms with Crippen LogP contribution in [0.1, 0.15) is 24.8 Å². The molecule has 1 rings (SSSR count). The molecule has 0 amide bonds.